The molecule has 4 rings (SSSR count). The molecule has 3 aromatic rings. The normalized spacial score (nSPS) is 14.2. The highest BCUT2D eigenvalue weighted by Crippen LogP contribution is 2.26. The number of aromatic nitrogens is 2. The maximum atomic E-state index is 14.2. The number of amides is 1. The van der Waals surface area contributed by atoms with Crippen LogP contribution in [0.1, 0.15) is 10.4 Å². The average Bonchev–Trinajstić information content (AvgIpc) is 3.23. The summed E-state index contributed by atoms with van der Waals surface area (Å²) < 4.78 is 21.2. The largest absolute Gasteiger partial charge is 0.496 e. The number of nitrogens with zero attached hydrogens (tertiary/aromatic N) is 4. The monoisotopic (exact) mass is 414 g/mol. The lowest BCUT2D eigenvalue weighted by Crippen LogP contribution is -2.49. The number of imidazole rings is 1. The summed E-state index contributed by atoms with van der Waals surface area (Å²) in [5, 5.41) is 0.486. The Balaban J connectivity index is 1.50. The molecule has 1 fully saturated rings. The van der Waals surface area contributed by atoms with Crippen molar-refractivity contribution in [2.45, 2.75) is 0 Å². The van der Waals surface area contributed by atoms with Gasteiger partial charge in [-0.2, -0.15) is 0 Å². The molecular formula is C21H20ClFN4O2. The van der Waals surface area contributed by atoms with Crippen LogP contribution in [0.15, 0.2) is 54.9 Å². The number of rotatable bonds is 4. The van der Waals surface area contributed by atoms with Gasteiger partial charge in [0.2, 0.25) is 5.95 Å². The Morgan fingerprint density at radius 2 is 1.90 bits per heavy atom. The molecule has 0 aliphatic carbocycles. The van der Waals surface area contributed by atoms with Crippen LogP contribution in [-0.2, 0) is 0 Å². The molecule has 2 heterocycles. The predicted molar refractivity (Wildman–Crippen MR) is 110 cm³/mol. The van der Waals surface area contributed by atoms with Crippen LogP contribution in [0.4, 0.5) is 10.3 Å². The van der Waals surface area contributed by atoms with E-state index >= 15 is 0 Å². The van der Waals surface area contributed by atoms with Crippen molar-refractivity contribution in [1.82, 2.24) is 14.5 Å². The molecule has 1 aliphatic heterocycles. The number of anilines is 1. The molecule has 0 bridgehead atoms. The molecule has 0 saturated carbocycles. The van der Waals surface area contributed by atoms with Crippen LogP contribution in [0, 0.1) is 5.82 Å². The van der Waals surface area contributed by atoms with Crippen LogP contribution in [-0.4, -0.2) is 53.6 Å². The SMILES string of the molecule is COc1ccc(Cl)cc1C(=O)N1CCN(c2nccn2-c2ccccc2F)CC1. The third kappa shape index (κ3) is 3.78. The maximum Gasteiger partial charge on any atom is 0.257 e. The minimum atomic E-state index is -0.311. The van der Waals surface area contributed by atoms with Crippen LogP contribution in [0.25, 0.3) is 5.69 Å². The molecule has 0 radical (unpaired) electrons. The second-order valence-corrected chi connectivity index (χ2v) is 7.11. The number of carbonyl (C=O) groups is 1. The maximum absolute atomic E-state index is 14.2. The Morgan fingerprint density at radius 1 is 1.14 bits per heavy atom. The van der Waals surface area contributed by atoms with Crippen molar-refractivity contribution in [3.63, 3.8) is 0 Å². The van der Waals surface area contributed by atoms with Gasteiger partial charge in [-0.3, -0.25) is 9.36 Å². The summed E-state index contributed by atoms with van der Waals surface area (Å²) in [4.78, 5) is 21.2. The van der Waals surface area contributed by atoms with E-state index in [-0.39, 0.29) is 11.7 Å². The van der Waals surface area contributed by atoms with Crippen molar-refractivity contribution in [3.8, 4) is 11.4 Å². The van der Waals surface area contributed by atoms with E-state index < -0.39 is 0 Å². The first-order valence-corrected chi connectivity index (χ1v) is 9.62. The van der Waals surface area contributed by atoms with E-state index in [0.29, 0.717) is 54.2 Å². The average molecular weight is 415 g/mol. The Labute approximate surface area is 173 Å². The zero-order chi connectivity index (χ0) is 20.4. The number of methoxy groups -OCH3 is 1. The summed E-state index contributed by atoms with van der Waals surface area (Å²) in [5.41, 5.74) is 0.892. The van der Waals surface area contributed by atoms with Crippen LogP contribution >= 0.6 is 11.6 Å². The second-order valence-electron chi connectivity index (χ2n) is 6.67. The fourth-order valence-corrected chi connectivity index (χ4v) is 3.66. The van der Waals surface area contributed by atoms with Crippen LogP contribution in [0.2, 0.25) is 5.02 Å². The topological polar surface area (TPSA) is 50.6 Å². The van der Waals surface area contributed by atoms with Gasteiger partial charge in [-0.05, 0) is 30.3 Å². The van der Waals surface area contributed by atoms with Gasteiger partial charge in [-0.1, -0.05) is 23.7 Å². The minimum Gasteiger partial charge on any atom is -0.496 e. The van der Waals surface area contributed by atoms with Crippen molar-refractivity contribution in [2.75, 3.05) is 38.2 Å². The second kappa shape index (κ2) is 8.13. The standard InChI is InChI=1S/C21H20ClFN4O2/c1-29-19-7-6-15(22)14-16(19)20(28)25-10-12-26(13-11-25)21-24-8-9-27(21)18-5-3-2-4-17(18)23/h2-9,14H,10-13H2,1H3. The summed E-state index contributed by atoms with van der Waals surface area (Å²) >= 11 is 6.06. The number of benzene rings is 2. The Hall–Kier alpha value is -3.06. The Kier molecular flexibility index (Phi) is 5.40. The summed E-state index contributed by atoms with van der Waals surface area (Å²) in [6.07, 6.45) is 3.39. The third-order valence-corrected chi connectivity index (χ3v) is 5.21. The first kappa shape index (κ1) is 19.3. The van der Waals surface area contributed by atoms with Gasteiger partial charge in [0, 0.05) is 43.6 Å². The summed E-state index contributed by atoms with van der Waals surface area (Å²) in [6.45, 7) is 2.19. The lowest BCUT2D eigenvalue weighted by atomic mass is 10.1. The lowest BCUT2D eigenvalue weighted by Gasteiger charge is -2.35. The molecule has 0 N–H and O–H groups in total. The van der Waals surface area contributed by atoms with E-state index in [0.717, 1.165) is 0 Å². The highest BCUT2D eigenvalue weighted by Gasteiger charge is 2.26. The number of piperazine rings is 1. The van der Waals surface area contributed by atoms with Gasteiger partial charge in [0.15, 0.2) is 0 Å². The number of carbonyl (C=O) groups excluding carboxylic acids is 1. The molecule has 1 aliphatic rings. The molecule has 29 heavy (non-hydrogen) atoms. The fraction of sp³-hybridized carbons (Fsp3) is 0.238. The molecule has 0 spiro atoms. The highest BCUT2D eigenvalue weighted by molar-refractivity contribution is 6.31. The quantitative estimate of drug-likeness (QED) is 0.654. The van der Waals surface area contributed by atoms with E-state index in [9.17, 15) is 9.18 Å². The van der Waals surface area contributed by atoms with Gasteiger partial charge in [-0.15, -0.1) is 0 Å². The molecule has 2 aromatic carbocycles. The van der Waals surface area contributed by atoms with Crippen LogP contribution < -0.4 is 9.64 Å². The van der Waals surface area contributed by atoms with E-state index in [4.69, 9.17) is 16.3 Å². The molecule has 8 heteroatoms. The van der Waals surface area contributed by atoms with E-state index in [1.807, 2.05) is 4.90 Å². The van der Waals surface area contributed by atoms with Crippen molar-refractivity contribution in [1.29, 1.82) is 0 Å². The van der Waals surface area contributed by atoms with Gasteiger partial charge >= 0.3 is 0 Å². The Morgan fingerprint density at radius 3 is 2.62 bits per heavy atom. The zero-order valence-electron chi connectivity index (χ0n) is 15.9. The fourth-order valence-electron chi connectivity index (χ4n) is 3.49. The van der Waals surface area contributed by atoms with Gasteiger partial charge < -0.3 is 14.5 Å². The van der Waals surface area contributed by atoms with Crippen LogP contribution in [0.5, 0.6) is 5.75 Å². The van der Waals surface area contributed by atoms with E-state index in [1.54, 1.807) is 58.3 Å². The molecule has 1 amide bonds. The molecule has 1 aromatic heterocycles. The number of ether oxygens (including phenoxy) is 1. The van der Waals surface area contributed by atoms with E-state index in [2.05, 4.69) is 4.98 Å². The molecular weight excluding hydrogens is 395 g/mol. The highest BCUT2D eigenvalue weighted by atomic mass is 35.5. The first-order chi connectivity index (χ1) is 14.1. The number of para-hydroxylation sites is 1. The third-order valence-electron chi connectivity index (χ3n) is 4.97. The van der Waals surface area contributed by atoms with Crippen molar-refractivity contribution in [2.24, 2.45) is 0 Å². The first-order valence-electron chi connectivity index (χ1n) is 9.24. The van der Waals surface area contributed by atoms with Gasteiger partial charge in [0.05, 0.1) is 18.4 Å². The smallest absolute Gasteiger partial charge is 0.257 e. The van der Waals surface area contributed by atoms with Gasteiger partial charge in [0.25, 0.3) is 5.91 Å². The predicted octanol–water partition coefficient (Wildman–Crippen LogP) is 3.64. The number of hydrogen-bond donors (Lipinski definition) is 0. The van der Waals surface area contributed by atoms with Gasteiger partial charge in [-0.25, -0.2) is 9.37 Å². The molecule has 1 saturated heterocycles. The molecule has 0 unspecified atom stereocenters. The van der Waals surface area contributed by atoms with Crippen molar-refractivity contribution < 1.29 is 13.9 Å². The summed E-state index contributed by atoms with van der Waals surface area (Å²) in [6, 6.07) is 11.6. The van der Waals surface area contributed by atoms with E-state index in [1.165, 1.54) is 13.2 Å². The Bertz CT molecular complexity index is 1030. The number of hydrogen-bond acceptors (Lipinski definition) is 4. The minimum absolute atomic E-state index is 0.124. The van der Waals surface area contributed by atoms with Gasteiger partial charge in [0.1, 0.15) is 11.6 Å². The summed E-state index contributed by atoms with van der Waals surface area (Å²) in [5.74, 6) is 0.717. The van der Waals surface area contributed by atoms with Crippen molar-refractivity contribution in [3.05, 3.63) is 71.3 Å². The zero-order valence-corrected chi connectivity index (χ0v) is 16.6. The summed E-state index contributed by atoms with van der Waals surface area (Å²) in [7, 11) is 1.53. The lowest BCUT2D eigenvalue weighted by molar-refractivity contribution is 0.0743. The number of halogens is 2. The molecule has 0 atom stereocenters. The van der Waals surface area contributed by atoms with Crippen LogP contribution in [0.3, 0.4) is 0 Å². The van der Waals surface area contributed by atoms with Crippen molar-refractivity contribution >= 4 is 23.5 Å². The molecule has 6 nitrogen and oxygen atoms in total. The molecule has 150 valence electrons.